The van der Waals surface area contributed by atoms with E-state index in [0.29, 0.717) is 4.48 Å². The Labute approximate surface area is 814 Å². The van der Waals surface area contributed by atoms with Gasteiger partial charge in [-0.3, -0.25) is 0 Å². The van der Waals surface area contributed by atoms with Gasteiger partial charge in [-0.15, -0.1) is 0 Å². The zero-order valence-corrected chi connectivity index (χ0v) is 83.4. The topological polar surface area (TPSA) is 15.5 Å². The van der Waals surface area contributed by atoms with Crippen LogP contribution in [-0.4, -0.2) is 27.0 Å². The summed E-state index contributed by atoms with van der Waals surface area (Å²) in [6.07, 6.45) is 6.54. The van der Waals surface area contributed by atoms with Crippen molar-refractivity contribution in [3.63, 3.8) is 0 Å². The Kier molecular flexibility index (Phi) is 25.5. The van der Waals surface area contributed by atoms with E-state index in [1.807, 2.05) is 0 Å². The Hall–Kier alpha value is -14.9. The molecule has 4 heterocycles. The number of rotatable bonds is 15. The number of hydrogen-bond acceptors (Lipinski definition) is 0. The van der Waals surface area contributed by atoms with Gasteiger partial charge in [0.05, 0.1) is 43.4 Å². The van der Waals surface area contributed by atoms with Gasteiger partial charge < -0.3 is 0 Å². The summed E-state index contributed by atoms with van der Waals surface area (Å²) in [6, 6.07) is 171. The number of aryl methyl sites for hydroxylation is 8. The standard InChI is InChI=1S/2C34H30NP.C32H28NP.C30H28N2/c1-25-33(31-22-12-13-24-35(31)2)29-20-11-10-19-28(29)30-21-14-23-32(34(25)30)36(3,26-15-6-4-7-16-26)27-17-8-5-9-18-27;1-25-31(32-23-27-13-10-11-14-28(27)24-35(32)2)22-21-26-15-12-20-33(34(25)26)36(3,29-16-6-4-7-17-29)30-18-8-5-9-19-30;1-23-30-25(22-26-20-19-24-13-11-21-33(2)32(24)31(23)26)12-10-18-29(30)34(3,27-14-6-4-7-15-27)28-16-8-5-9-17-28;1-23-13-10-11-19-27(23)28-22-21-24-14-12-20-29(30(24)31(28)2)32(3,25-15-6-4-7-16-25)26-17-8-5-9-18-26/h2*4-24H,1-3H3;4-22H,1-3H3;4-22H,1-3H3/q4*+2. The maximum absolute atomic E-state index is 2.49. The highest BCUT2D eigenvalue weighted by Crippen LogP contribution is 2.58. The second-order valence-electron chi connectivity index (χ2n) is 37.1. The highest BCUT2D eigenvalue weighted by Gasteiger charge is 2.46. The van der Waals surface area contributed by atoms with Crippen molar-refractivity contribution in [2.24, 2.45) is 28.2 Å². The van der Waals surface area contributed by atoms with Crippen LogP contribution in [0.15, 0.2) is 486 Å². The quantitative estimate of drug-likeness (QED) is 0.0320. The lowest BCUT2D eigenvalue weighted by Gasteiger charge is -2.32. The predicted octanol–water partition coefficient (Wildman–Crippen LogP) is 26.9. The van der Waals surface area contributed by atoms with E-state index >= 15 is 0 Å². The fourth-order valence-electron chi connectivity index (χ4n) is 21.9. The van der Waals surface area contributed by atoms with Crippen molar-refractivity contribution >= 4 is 173 Å². The molecule has 0 spiro atoms. The summed E-state index contributed by atoms with van der Waals surface area (Å²) in [5.41, 5.74) is 19.1. The molecule has 8 heteroatoms. The summed E-state index contributed by atoms with van der Waals surface area (Å²) < 4.78 is 9.72. The largest absolute Gasteiger partial charge is 0.275 e. The van der Waals surface area contributed by atoms with Gasteiger partial charge in [0.2, 0.25) is 28.3 Å². The fraction of sp³-hybridized carbons (Fsp3) is 0.0923. The SMILES string of the molecule is Cc1c(-c2cc3ccccc3c[n+]2C)ccc2cccc([P+](C)(c3ccccc3)c3ccccc3)c12.Cc1c(-c2cccc[n+]2C)c2ccccc2c2cccc([P+](C)(c3ccccc3)c3ccccc3)c12.Cc1c2c([P+](C)(c3ccccc3)c3ccccc3)cccc2cc2ccc3ccc[n+](C)c3c12.Cc1ccccc1-c1ccc2cccc([N+](C)(c3ccccc3)c3ccccc3)c2[n+]1C. The predicted molar refractivity (Wildman–Crippen MR) is 600 cm³/mol. The molecule has 0 saturated carbocycles. The molecule has 0 fully saturated rings. The number of hydrogen-bond donors (Lipinski definition) is 0. The van der Waals surface area contributed by atoms with E-state index in [2.05, 4.69) is 587 Å². The molecular formula is C130H116N5P3+8. The lowest BCUT2D eigenvalue weighted by atomic mass is 9.90. The van der Waals surface area contributed by atoms with Crippen LogP contribution in [0.1, 0.15) is 22.3 Å². The number of benzene rings is 19. The average molecular weight is 1840 g/mol. The van der Waals surface area contributed by atoms with Gasteiger partial charge in [-0.2, -0.15) is 4.57 Å². The molecule has 23 aromatic rings. The Bertz CT molecular complexity index is 8300. The Morgan fingerprint density at radius 2 is 0.623 bits per heavy atom. The summed E-state index contributed by atoms with van der Waals surface area (Å²) in [6.45, 7) is 16.6. The summed E-state index contributed by atoms with van der Waals surface area (Å²) >= 11 is 0. The van der Waals surface area contributed by atoms with Gasteiger partial charge in [0.25, 0.3) is 5.52 Å². The smallest absolute Gasteiger partial charge is 0.223 e. The maximum atomic E-state index is 2.49. The molecule has 0 N–H and O–H groups in total. The monoisotopic (exact) mass is 1840 g/mol. The number of aromatic nitrogens is 4. The van der Waals surface area contributed by atoms with Crippen molar-refractivity contribution in [3.8, 4) is 33.8 Å². The number of pyridine rings is 4. The third-order valence-electron chi connectivity index (χ3n) is 29.2. The highest BCUT2D eigenvalue weighted by atomic mass is 31.2. The molecule has 4 aromatic heterocycles. The maximum Gasteiger partial charge on any atom is 0.275 e. The molecule has 0 bridgehead atoms. The average Bonchev–Trinajstić information content (AvgIpc) is 0.689. The lowest BCUT2D eigenvalue weighted by molar-refractivity contribution is -0.660. The Morgan fingerprint density at radius 3 is 1.17 bits per heavy atom. The minimum absolute atomic E-state index is 0.587. The van der Waals surface area contributed by atoms with E-state index < -0.39 is 21.8 Å². The number of nitrogens with zero attached hydrogens (tertiary/aromatic N) is 5. The second-order valence-corrected chi connectivity index (χ2v) is 47.6. The van der Waals surface area contributed by atoms with Crippen LogP contribution in [0, 0.1) is 27.7 Å². The van der Waals surface area contributed by atoms with E-state index in [-0.39, 0.29) is 0 Å². The van der Waals surface area contributed by atoms with Crippen LogP contribution < -0.4 is 70.5 Å². The van der Waals surface area contributed by atoms with E-state index in [0.717, 1.165) is 0 Å². The number of para-hydroxylation sites is 3. The van der Waals surface area contributed by atoms with Crippen LogP contribution in [0.5, 0.6) is 0 Å². The zero-order chi connectivity index (χ0) is 94.8. The van der Waals surface area contributed by atoms with E-state index in [1.54, 1.807) is 0 Å². The minimum atomic E-state index is -1.91. The minimum Gasteiger partial charge on any atom is -0.223 e. The van der Waals surface area contributed by atoms with Gasteiger partial charge in [-0.1, -0.05) is 261 Å². The molecular weight excluding hydrogens is 1720 g/mol. The zero-order valence-electron chi connectivity index (χ0n) is 80.8. The molecule has 23 rings (SSSR count). The third-order valence-corrected chi connectivity index (χ3v) is 41.2. The van der Waals surface area contributed by atoms with E-state index in [1.165, 1.54) is 207 Å². The highest BCUT2D eigenvalue weighted by molar-refractivity contribution is 7.96. The number of quaternary nitrogens is 1. The fourth-order valence-corrected chi connectivity index (χ4v) is 32.4. The second kappa shape index (κ2) is 38.7. The summed E-state index contributed by atoms with van der Waals surface area (Å²) in [5.74, 6) is 0. The van der Waals surface area contributed by atoms with Gasteiger partial charge in [-0.05, 0) is 258 Å². The third kappa shape index (κ3) is 16.4. The number of fused-ring (bicyclic) bond motifs is 10. The Morgan fingerprint density at radius 1 is 0.232 bits per heavy atom. The van der Waals surface area contributed by atoms with Crippen molar-refractivity contribution in [1.82, 2.24) is 4.48 Å². The van der Waals surface area contributed by atoms with Crippen LogP contribution in [0.25, 0.3) is 120 Å². The molecule has 0 amide bonds. The lowest BCUT2D eigenvalue weighted by Crippen LogP contribution is -2.39. The van der Waals surface area contributed by atoms with Crippen molar-refractivity contribution < 1.29 is 18.3 Å². The van der Waals surface area contributed by atoms with Crippen LogP contribution in [0.2, 0.25) is 0 Å². The Balaban J connectivity index is 0.000000114. The van der Waals surface area contributed by atoms with Crippen molar-refractivity contribution in [1.29, 1.82) is 0 Å². The van der Waals surface area contributed by atoms with Gasteiger partial charge in [-0.25, -0.2) is 18.2 Å². The molecule has 0 aliphatic carbocycles. The molecule has 138 heavy (non-hydrogen) atoms. The van der Waals surface area contributed by atoms with Crippen LogP contribution in [0.3, 0.4) is 0 Å². The van der Waals surface area contributed by atoms with Crippen molar-refractivity contribution in [2.75, 3.05) is 27.0 Å². The molecule has 5 nitrogen and oxygen atoms in total. The van der Waals surface area contributed by atoms with Gasteiger partial charge in [0.15, 0.2) is 18.6 Å². The molecule has 0 unspecified atom stereocenters. The molecule has 0 aliphatic heterocycles. The van der Waals surface area contributed by atoms with Crippen molar-refractivity contribution in [2.45, 2.75) is 27.7 Å². The molecule has 19 aromatic carbocycles. The summed E-state index contributed by atoms with van der Waals surface area (Å²) in [7, 11) is 5.30. The van der Waals surface area contributed by atoms with E-state index in [9.17, 15) is 0 Å². The molecule has 0 aliphatic rings. The van der Waals surface area contributed by atoms with Crippen molar-refractivity contribution in [3.05, 3.63) is 508 Å². The first-order valence-electron chi connectivity index (χ1n) is 47.8. The first kappa shape index (κ1) is 90.9. The first-order chi connectivity index (χ1) is 67.4. The van der Waals surface area contributed by atoms with E-state index in [4.69, 9.17) is 0 Å². The van der Waals surface area contributed by atoms with Gasteiger partial charge >= 0.3 is 0 Å². The van der Waals surface area contributed by atoms with Crippen LogP contribution in [0.4, 0.5) is 17.1 Å². The molecule has 0 radical (unpaired) electrons. The van der Waals surface area contributed by atoms with Crippen LogP contribution >= 0.6 is 21.8 Å². The van der Waals surface area contributed by atoms with Gasteiger partial charge in [0, 0.05) is 74.5 Å². The van der Waals surface area contributed by atoms with Crippen LogP contribution in [-0.2, 0) is 28.2 Å². The molecule has 668 valence electrons. The summed E-state index contributed by atoms with van der Waals surface area (Å²) in [4.78, 5) is 0. The first-order valence-corrected chi connectivity index (χ1v) is 54.5. The molecule has 0 atom stereocenters. The molecule has 0 saturated heterocycles. The van der Waals surface area contributed by atoms with Gasteiger partial charge in [0.1, 0.15) is 109 Å². The normalized spacial score (nSPS) is 11.8. The summed E-state index contributed by atoms with van der Waals surface area (Å²) in [5, 5.41) is 31.2.